The summed E-state index contributed by atoms with van der Waals surface area (Å²) < 4.78 is 13.0. The fraction of sp³-hybridized carbons (Fsp3) is 0. The molecule has 3 nitrogen and oxygen atoms in total. The Hall–Kier alpha value is -2.40. The largest absolute Gasteiger partial charge is 0.477 e. The number of carboxylic acid groups (broad SMARTS) is 1. The molecule has 0 fully saturated rings. The van der Waals surface area contributed by atoms with Crippen LogP contribution in [-0.2, 0) is 0 Å². The second kappa shape index (κ2) is 5.54. The van der Waals surface area contributed by atoms with Crippen molar-refractivity contribution in [1.82, 2.24) is 4.98 Å². The molecule has 1 heterocycles. The summed E-state index contributed by atoms with van der Waals surface area (Å²) in [6.45, 7) is 0. The predicted molar refractivity (Wildman–Crippen MR) is 79.2 cm³/mol. The Kier molecular flexibility index (Phi) is 3.58. The van der Waals surface area contributed by atoms with Crippen molar-refractivity contribution < 1.29 is 14.3 Å². The first-order valence-electron chi connectivity index (χ1n) is 6.20. The highest BCUT2D eigenvalue weighted by Crippen LogP contribution is 2.33. The number of rotatable bonds is 3. The number of aromatic carboxylic acids is 1. The lowest BCUT2D eigenvalue weighted by molar-refractivity contribution is 0.0690. The van der Waals surface area contributed by atoms with E-state index in [1.54, 1.807) is 24.3 Å². The van der Waals surface area contributed by atoms with E-state index in [0.717, 1.165) is 15.2 Å². The van der Waals surface area contributed by atoms with Crippen molar-refractivity contribution in [1.29, 1.82) is 0 Å². The van der Waals surface area contributed by atoms with E-state index >= 15 is 0 Å². The first-order valence-corrected chi connectivity index (χ1v) is 7.01. The Morgan fingerprint density at radius 1 is 1.10 bits per heavy atom. The summed E-state index contributed by atoms with van der Waals surface area (Å²) >= 11 is 1.39. The molecule has 5 heteroatoms. The smallest absolute Gasteiger partial charge is 0.354 e. The van der Waals surface area contributed by atoms with Crippen molar-refractivity contribution in [2.45, 2.75) is 9.79 Å². The summed E-state index contributed by atoms with van der Waals surface area (Å²) in [5.74, 6) is -1.37. The Balaban J connectivity index is 2.11. The molecule has 0 aliphatic carbocycles. The van der Waals surface area contributed by atoms with Crippen molar-refractivity contribution in [3.63, 3.8) is 0 Å². The molecule has 1 N–H and O–H groups in total. The third kappa shape index (κ3) is 2.87. The number of halogens is 1. The van der Waals surface area contributed by atoms with Crippen LogP contribution in [0.25, 0.3) is 10.9 Å². The van der Waals surface area contributed by atoms with Crippen LogP contribution in [0.4, 0.5) is 4.39 Å². The molecule has 3 rings (SSSR count). The number of nitrogens with zero attached hydrogens (tertiary/aromatic N) is 1. The molecule has 0 atom stereocenters. The minimum atomic E-state index is -1.07. The summed E-state index contributed by atoms with van der Waals surface area (Å²) in [7, 11) is 0. The SMILES string of the molecule is O=C(O)c1cc(Sc2ccc(F)cc2)c2ccccc2n1. The van der Waals surface area contributed by atoms with E-state index in [9.17, 15) is 9.18 Å². The fourth-order valence-electron chi connectivity index (χ4n) is 1.97. The minimum Gasteiger partial charge on any atom is -0.477 e. The average Bonchev–Trinajstić information content (AvgIpc) is 2.49. The first kappa shape index (κ1) is 13.6. The van der Waals surface area contributed by atoms with Gasteiger partial charge in [-0.2, -0.15) is 0 Å². The summed E-state index contributed by atoms with van der Waals surface area (Å²) in [5, 5.41) is 10.0. The summed E-state index contributed by atoms with van der Waals surface area (Å²) in [4.78, 5) is 16.9. The molecule has 3 aromatic rings. The number of carbonyl (C=O) groups is 1. The molecule has 2 aromatic carbocycles. The molecule has 0 amide bonds. The summed E-state index contributed by atoms with van der Waals surface area (Å²) in [5.41, 5.74) is 0.625. The van der Waals surface area contributed by atoms with Gasteiger partial charge in [0.15, 0.2) is 0 Å². The van der Waals surface area contributed by atoms with Gasteiger partial charge < -0.3 is 5.11 Å². The highest BCUT2D eigenvalue weighted by molar-refractivity contribution is 7.99. The molecular formula is C16H10FNO2S. The van der Waals surface area contributed by atoms with Crippen molar-refractivity contribution >= 4 is 28.6 Å². The number of fused-ring (bicyclic) bond motifs is 1. The molecule has 0 radical (unpaired) electrons. The number of benzene rings is 2. The number of hydrogen-bond donors (Lipinski definition) is 1. The van der Waals surface area contributed by atoms with E-state index < -0.39 is 5.97 Å². The van der Waals surface area contributed by atoms with Gasteiger partial charge in [0, 0.05) is 15.2 Å². The predicted octanol–water partition coefficient (Wildman–Crippen LogP) is 4.22. The van der Waals surface area contributed by atoms with Crippen LogP contribution >= 0.6 is 11.8 Å². The second-order valence-electron chi connectivity index (χ2n) is 4.38. The zero-order valence-electron chi connectivity index (χ0n) is 10.8. The maximum absolute atomic E-state index is 13.0. The van der Waals surface area contributed by atoms with Gasteiger partial charge in [-0.3, -0.25) is 0 Å². The van der Waals surface area contributed by atoms with Gasteiger partial charge in [-0.05, 0) is 36.4 Å². The molecule has 0 saturated heterocycles. The van der Waals surface area contributed by atoms with E-state index in [1.807, 2.05) is 18.2 Å². The molecular weight excluding hydrogens is 289 g/mol. The molecule has 0 aliphatic heterocycles. The normalized spacial score (nSPS) is 10.7. The number of hydrogen-bond acceptors (Lipinski definition) is 3. The molecule has 21 heavy (non-hydrogen) atoms. The zero-order chi connectivity index (χ0) is 14.8. The number of aromatic nitrogens is 1. The molecule has 104 valence electrons. The van der Waals surface area contributed by atoms with Crippen molar-refractivity contribution in [2.75, 3.05) is 0 Å². The maximum Gasteiger partial charge on any atom is 0.354 e. The van der Waals surface area contributed by atoms with E-state index in [-0.39, 0.29) is 11.5 Å². The summed E-state index contributed by atoms with van der Waals surface area (Å²) in [6.07, 6.45) is 0. The van der Waals surface area contributed by atoms with Gasteiger partial charge in [-0.1, -0.05) is 30.0 Å². The molecule has 0 bridgehead atoms. The van der Waals surface area contributed by atoms with Crippen LogP contribution in [0.5, 0.6) is 0 Å². The van der Waals surface area contributed by atoms with Gasteiger partial charge in [0.05, 0.1) is 5.52 Å². The molecule has 0 saturated carbocycles. The van der Waals surface area contributed by atoms with E-state index in [2.05, 4.69) is 4.98 Å². The van der Waals surface area contributed by atoms with Gasteiger partial charge in [0.1, 0.15) is 11.5 Å². The van der Waals surface area contributed by atoms with Crippen molar-refractivity contribution in [2.24, 2.45) is 0 Å². The average molecular weight is 299 g/mol. The Labute approximate surface area is 124 Å². The highest BCUT2D eigenvalue weighted by atomic mass is 32.2. The van der Waals surface area contributed by atoms with Crippen LogP contribution in [-0.4, -0.2) is 16.1 Å². The molecule has 0 aliphatic rings. The quantitative estimate of drug-likeness (QED) is 0.786. The van der Waals surface area contributed by atoms with Crippen molar-refractivity contribution in [3.8, 4) is 0 Å². The van der Waals surface area contributed by atoms with Crippen LogP contribution in [0.3, 0.4) is 0 Å². The fourth-order valence-corrected chi connectivity index (χ4v) is 2.95. The zero-order valence-corrected chi connectivity index (χ0v) is 11.6. The van der Waals surface area contributed by atoms with Crippen LogP contribution < -0.4 is 0 Å². The minimum absolute atomic E-state index is 0.00156. The Morgan fingerprint density at radius 2 is 1.81 bits per heavy atom. The third-order valence-corrected chi connectivity index (χ3v) is 4.00. The van der Waals surface area contributed by atoms with E-state index in [0.29, 0.717) is 5.52 Å². The van der Waals surface area contributed by atoms with Crippen LogP contribution in [0.2, 0.25) is 0 Å². The lowest BCUT2D eigenvalue weighted by atomic mass is 10.2. The Bertz CT molecular complexity index is 818. The van der Waals surface area contributed by atoms with Gasteiger partial charge in [-0.25, -0.2) is 14.2 Å². The van der Waals surface area contributed by atoms with Crippen LogP contribution in [0.1, 0.15) is 10.5 Å². The summed E-state index contributed by atoms with van der Waals surface area (Å²) in [6, 6.07) is 15.0. The number of pyridine rings is 1. The van der Waals surface area contributed by atoms with E-state index in [4.69, 9.17) is 5.11 Å². The number of para-hydroxylation sites is 1. The standard InChI is InChI=1S/C16H10FNO2S/c17-10-5-7-11(8-6-10)21-15-9-14(16(19)20)18-13-4-2-1-3-12(13)15/h1-9H,(H,19,20). The highest BCUT2D eigenvalue weighted by Gasteiger charge is 2.11. The lowest BCUT2D eigenvalue weighted by Gasteiger charge is -2.07. The third-order valence-electron chi connectivity index (χ3n) is 2.94. The topological polar surface area (TPSA) is 50.2 Å². The van der Waals surface area contributed by atoms with Crippen molar-refractivity contribution in [3.05, 3.63) is 66.1 Å². The first-order chi connectivity index (χ1) is 10.1. The van der Waals surface area contributed by atoms with E-state index in [1.165, 1.54) is 23.9 Å². The molecule has 0 unspecified atom stereocenters. The van der Waals surface area contributed by atoms with Gasteiger partial charge in [0.25, 0.3) is 0 Å². The van der Waals surface area contributed by atoms with Crippen LogP contribution in [0, 0.1) is 5.82 Å². The molecule has 1 aromatic heterocycles. The molecule has 0 spiro atoms. The lowest BCUT2D eigenvalue weighted by Crippen LogP contribution is -2.00. The number of carboxylic acids is 1. The van der Waals surface area contributed by atoms with Gasteiger partial charge in [-0.15, -0.1) is 0 Å². The van der Waals surface area contributed by atoms with Crippen LogP contribution in [0.15, 0.2) is 64.4 Å². The van der Waals surface area contributed by atoms with Gasteiger partial charge >= 0.3 is 5.97 Å². The Morgan fingerprint density at radius 3 is 2.52 bits per heavy atom. The maximum atomic E-state index is 13.0. The van der Waals surface area contributed by atoms with Gasteiger partial charge in [0.2, 0.25) is 0 Å². The second-order valence-corrected chi connectivity index (χ2v) is 5.50. The monoisotopic (exact) mass is 299 g/mol.